The topological polar surface area (TPSA) is 45.5 Å². The van der Waals surface area contributed by atoms with Gasteiger partial charge in [0.1, 0.15) is 5.65 Å². The number of halogens is 1. The summed E-state index contributed by atoms with van der Waals surface area (Å²) in [6.45, 7) is 3.78. The van der Waals surface area contributed by atoms with Gasteiger partial charge in [-0.3, -0.25) is 9.88 Å². The molecule has 0 saturated carbocycles. The van der Waals surface area contributed by atoms with Gasteiger partial charge in [-0.2, -0.15) is 0 Å². The number of piperazine rings is 1. The first-order valence-corrected chi connectivity index (χ1v) is 8.15. The van der Waals surface area contributed by atoms with Crippen molar-refractivity contribution in [3.63, 3.8) is 0 Å². The van der Waals surface area contributed by atoms with E-state index in [2.05, 4.69) is 33.5 Å². The number of nitrogens with zero attached hydrogens (tertiary/aromatic N) is 4. The van der Waals surface area contributed by atoms with Gasteiger partial charge in [-0.05, 0) is 29.8 Å². The number of nitrogens with one attached hydrogen (secondary N) is 1. The van der Waals surface area contributed by atoms with Gasteiger partial charge in [0, 0.05) is 57.0 Å². The quantitative estimate of drug-likeness (QED) is 0.803. The van der Waals surface area contributed by atoms with E-state index in [0.29, 0.717) is 6.04 Å². The zero-order valence-electron chi connectivity index (χ0n) is 12.7. The van der Waals surface area contributed by atoms with E-state index in [1.165, 1.54) is 5.56 Å². The second kappa shape index (κ2) is 6.28. The molecule has 0 amide bonds. The summed E-state index contributed by atoms with van der Waals surface area (Å²) >= 11 is 6.05. The van der Waals surface area contributed by atoms with E-state index < -0.39 is 0 Å². The van der Waals surface area contributed by atoms with Crippen molar-refractivity contribution in [1.29, 1.82) is 0 Å². The highest BCUT2D eigenvalue weighted by molar-refractivity contribution is 6.30. The lowest BCUT2D eigenvalue weighted by molar-refractivity contribution is 0.152. The monoisotopic (exact) mass is 327 g/mol. The van der Waals surface area contributed by atoms with Crippen molar-refractivity contribution in [1.82, 2.24) is 24.6 Å². The summed E-state index contributed by atoms with van der Waals surface area (Å²) in [5.74, 6) is 0. The molecule has 118 valence electrons. The van der Waals surface area contributed by atoms with Crippen molar-refractivity contribution >= 4 is 17.2 Å². The normalized spacial score (nSPS) is 19.3. The van der Waals surface area contributed by atoms with Crippen molar-refractivity contribution in [3.8, 4) is 0 Å². The molecule has 5 nitrogen and oxygen atoms in total. The van der Waals surface area contributed by atoms with Gasteiger partial charge in [-0.1, -0.05) is 11.6 Å². The van der Waals surface area contributed by atoms with Gasteiger partial charge in [0.25, 0.3) is 0 Å². The van der Waals surface area contributed by atoms with Gasteiger partial charge in [0.15, 0.2) is 0 Å². The first-order chi connectivity index (χ1) is 11.3. The van der Waals surface area contributed by atoms with Crippen molar-refractivity contribution in [2.45, 2.75) is 12.6 Å². The summed E-state index contributed by atoms with van der Waals surface area (Å²) in [6, 6.07) is 8.35. The lowest BCUT2D eigenvalue weighted by Crippen LogP contribution is -2.45. The zero-order valence-corrected chi connectivity index (χ0v) is 13.4. The first-order valence-electron chi connectivity index (χ1n) is 7.77. The maximum Gasteiger partial charge on any atom is 0.137 e. The Morgan fingerprint density at radius 3 is 2.91 bits per heavy atom. The van der Waals surface area contributed by atoms with Gasteiger partial charge < -0.3 is 9.72 Å². The molecule has 0 spiro atoms. The minimum Gasteiger partial charge on any atom is -0.314 e. The summed E-state index contributed by atoms with van der Waals surface area (Å²) in [5, 5.41) is 4.20. The van der Waals surface area contributed by atoms with E-state index in [4.69, 9.17) is 16.6 Å². The zero-order chi connectivity index (χ0) is 15.6. The van der Waals surface area contributed by atoms with E-state index in [1.807, 2.05) is 35.1 Å². The smallest absolute Gasteiger partial charge is 0.137 e. The molecular weight excluding hydrogens is 310 g/mol. The van der Waals surface area contributed by atoms with E-state index in [-0.39, 0.29) is 0 Å². The van der Waals surface area contributed by atoms with Crippen molar-refractivity contribution in [3.05, 3.63) is 65.3 Å². The van der Waals surface area contributed by atoms with E-state index in [1.54, 1.807) is 0 Å². The third-order valence-corrected chi connectivity index (χ3v) is 4.50. The minimum absolute atomic E-state index is 0.347. The van der Waals surface area contributed by atoms with Crippen molar-refractivity contribution < 1.29 is 0 Å². The number of aromatic nitrogens is 3. The molecule has 1 unspecified atom stereocenters. The number of imidazole rings is 1. The fourth-order valence-electron chi connectivity index (χ4n) is 3.15. The molecule has 23 heavy (non-hydrogen) atoms. The van der Waals surface area contributed by atoms with Crippen LogP contribution in [0.3, 0.4) is 0 Å². The van der Waals surface area contributed by atoms with Crippen LogP contribution in [0.1, 0.15) is 17.3 Å². The SMILES string of the molecule is Clc1ccc2nc(CN3CCNCC3c3ccncc3)cn2c1. The Balaban J connectivity index is 1.59. The van der Waals surface area contributed by atoms with Crippen LogP contribution in [-0.4, -0.2) is 38.9 Å². The Labute approximate surface area is 139 Å². The van der Waals surface area contributed by atoms with Gasteiger partial charge >= 0.3 is 0 Å². The molecule has 1 aliphatic heterocycles. The average molecular weight is 328 g/mol. The molecule has 1 N–H and O–H groups in total. The molecule has 4 rings (SSSR count). The van der Waals surface area contributed by atoms with Crippen LogP contribution in [0.4, 0.5) is 0 Å². The predicted octanol–water partition coefficient (Wildman–Crippen LogP) is 2.53. The highest BCUT2D eigenvalue weighted by atomic mass is 35.5. The van der Waals surface area contributed by atoms with Crippen LogP contribution in [0, 0.1) is 0 Å². The fourth-order valence-corrected chi connectivity index (χ4v) is 3.32. The number of rotatable bonds is 3. The molecule has 3 aromatic heterocycles. The molecule has 1 aliphatic rings. The molecule has 6 heteroatoms. The highest BCUT2D eigenvalue weighted by Crippen LogP contribution is 2.23. The molecule has 0 bridgehead atoms. The van der Waals surface area contributed by atoms with E-state index in [0.717, 1.165) is 42.5 Å². The molecular formula is C17H18ClN5. The van der Waals surface area contributed by atoms with Crippen LogP contribution in [0.5, 0.6) is 0 Å². The molecule has 1 fully saturated rings. The number of hydrogen-bond acceptors (Lipinski definition) is 4. The Morgan fingerprint density at radius 2 is 2.04 bits per heavy atom. The van der Waals surface area contributed by atoms with E-state index in [9.17, 15) is 0 Å². The third-order valence-electron chi connectivity index (χ3n) is 4.28. The van der Waals surface area contributed by atoms with Gasteiger partial charge in [0.05, 0.1) is 10.7 Å². The second-order valence-electron chi connectivity index (χ2n) is 5.82. The second-order valence-corrected chi connectivity index (χ2v) is 6.25. The lowest BCUT2D eigenvalue weighted by atomic mass is 10.0. The molecule has 0 aliphatic carbocycles. The van der Waals surface area contributed by atoms with Gasteiger partial charge in [0.2, 0.25) is 0 Å². The third kappa shape index (κ3) is 3.08. The maximum atomic E-state index is 6.05. The van der Waals surface area contributed by atoms with Crippen molar-refractivity contribution in [2.75, 3.05) is 19.6 Å². The highest BCUT2D eigenvalue weighted by Gasteiger charge is 2.24. The summed E-state index contributed by atoms with van der Waals surface area (Å²) in [5.41, 5.74) is 3.28. The summed E-state index contributed by atoms with van der Waals surface area (Å²) in [7, 11) is 0. The van der Waals surface area contributed by atoms with E-state index >= 15 is 0 Å². The fraction of sp³-hybridized carbons (Fsp3) is 0.294. The van der Waals surface area contributed by atoms with Crippen LogP contribution in [0.2, 0.25) is 5.02 Å². The molecule has 1 saturated heterocycles. The van der Waals surface area contributed by atoms with Crippen LogP contribution < -0.4 is 5.32 Å². The Kier molecular flexibility index (Phi) is 3.99. The van der Waals surface area contributed by atoms with Gasteiger partial charge in [-0.15, -0.1) is 0 Å². The number of hydrogen-bond donors (Lipinski definition) is 1. The van der Waals surface area contributed by atoms with Gasteiger partial charge in [-0.25, -0.2) is 4.98 Å². The minimum atomic E-state index is 0.347. The van der Waals surface area contributed by atoms with Crippen molar-refractivity contribution in [2.24, 2.45) is 0 Å². The van der Waals surface area contributed by atoms with Crippen LogP contribution in [0.25, 0.3) is 5.65 Å². The first kappa shape index (κ1) is 14.6. The van der Waals surface area contributed by atoms with Crippen LogP contribution in [0.15, 0.2) is 49.1 Å². The van der Waals surface area contributed by atoms with Crippen LogP contribution in [-0.2, 0) is 6.54 Å². The molecule has 1 atom stereocenters. The standard InChI is InChI=1S/C17H18ClN5/c18-14-1-2-17-21-15(12-23(17)10-14)11-22-8-7-20-9-16(22)13-3-5-19-6-4-13/h1-6,10,12,16,20H,7-9,11H2. The van der Waals surface area contributed by atoms with Crippen LogP contribution >= 0.6 is 11.6 Å². The Bertz CT molecular complexity index is 801. The summed E-state index contributed by atoms with van der Waals surface area (Å²) in [6.07, 6.45) is 7.67. The number of pyridine rings is 2. The largest absolute Gasteiger partial charge is 0.314 e. The Hall–Kier alpha value is -1.95. The molecule has 4 heterocycles. The maximum absolute atomic E-state index is 6.05. The molecule has 0 aromatic carbocycles. The predicted molar refractivity (Wildman–Crippen MR) is 90.5 cm³/mol. The summed E-state index contributed by atoms with van der Waals surface area (Å²) < 4.78 is 1.99. The molecule has 0 radical (unpaired) electrons. The average Bonchev–Trinajstić information content (AvgIpc) is 2.97. The Morgan fingerprint density at radius 1 is 1.17 bits per heavy atom. The lowest BCUT2D eigenvalue weighted by Gasteiger charge is -2.36. The molecule has 3 aromatic rings. The summed E-state index contributed by atoms with van der Waals surface area (Å²) in [4.78, 5) is 11.3. The number of fused-ring (bicyclic) bond motifs is 1.